The molecule has 0 saturated carbocycles. The fraction of sp³-hybridized carbons (Fsp3) is 0.100. The maximum absolute atomic E-state index is 11.2. The molecule has 8 heteroatoms. The summed E-state index contributed by atoms with van der Waals surface area (Å²) in [6.45, 7) is 0.371. The van der Waals surface area contributed by atoms with Crippen LogP contribution in [0.4, 0.5) is 16.2 Å². The van der Waals surface area contributed by atoms with Gasteiger partial charge in [-0.05, 0) is 12.1 Å². The van der Waals surface area contributed by atoms with Gasteiger partial charge in [-0.1, -0.05) is 6.07 Å². The summed E-state index contributed by atoms with van der Waals surface area (Å²) in [5, 5.41) is 5.32. The number of carbonyl (C=O) groups excluding carboxylic acids is 1. The molecule has 0 spiro atoms. The first-order valence-electron chi connectivity index (χ1n) is 5.17. The first-order chi connectivity index (χ1) is 8.56. The third-order valence-corrected chi connectivity index (χ3v) is 2.30. The van der Waals surface area contributed by atoms with Gasteiger partial charge in [0.2, 0.25) is 5.96 Å². The van der Waals surface area contributed by atoms with Crippen LogP contribution >= 0.6 is 0 Å². The van der Waals surface area contributed by atoms with Gasteiger partial charge in [-0.2, -0.15) is 4.99 Å². The number of nitrogens with two attached hydrogens (primary N) is 3. The summed E-state index contributed by atoms with van der Waals surface area (Å²) in [6, 6.07) is 5.05. The van der Waals surface area contributed by atoms with Crippen molar-refractivity contribution >= 4 is 29.3 Å². The normalized spacial score (nSPS) is 14.2. The summed E-state index contributed by atoms with van der Waals surface area (Å²) in [7, 11) is 0. The maximum atomic E-state index is 11.2. The van der Waals surface area contributed by atoms with Gasteiger partial charge in [-0.25, -0.2) is 9.79 Å². The monoisotopic (exact) mass is 247 g/mol. The van der Waals surface area contributed by atoms with Crippen LogP contribution in [0.1, 0.15) is 5.56 Å². The van der Waals surface area contributed by atoms with Gasteiger partial charge >= 0.3 is 6.03 Å². The number of rotatable bonds is 1. The standard InChI is InChI=1S/C10H13N7O/c11-8(12)17-9(13)15-6-2-1-3-7-5(6)4-14-10(18)16-7/h1-3H,4H2,(H2,14,16,18)(H6,11,12,13,15,17). The molecule has 8 N–H and O–H groups in total. The lowest BCUT2D eigenvalue weighted by molar-refractivity contribution is 0.251. The van der Waals surface area contributed by atoms with E-state index in [0.717, 1.165) is 5.56 Å². The molecular weight excluding hydrogens is 234 g/mol. The molecule has 8 nitrogen and oxygen atoms in total. The summed E-state index contributed by atoms with van der Waals surface area (Å²) in [6.07, 6.45) is 0. The number of urea groups is 1. The smallest absolute Gasteiger partial charge is 0.319 e. The quantitative estimate of drug-likeness (QED) is 0.338. The van der Waals surface area contributed by atoms with Crippen LogP contribution in [0.5, 0.6) is 0 Å². The number of carbonyl (C=O) groups is 1. The molecule has 94 valence electrons. The van der Waals surface area contributed by atoms with Gasteiger partial charge in [-0.15, -0.1) is 0 Å². The third-order valence-electron chi connectivity index (χ3n) is 2.30. The highest BCUT2D eigenvalue weighted by molar-refractivity contribution is 5.96. The molecule has 0 saturated heterocycles. The molecule has 2 rings (SSSR count). The second-order valence-corrected chi connectivity index (χ2v) is 3.62. The molecule has 0 aromatic heterocycles. The maximum Gasteiger partial charge on any atom is 0.319 e. The van der Waals surface area contributed by atoms with Crippen LogP contribution < -0.4 is 27.8 Å². The number of hydrogen-bond donors (Lipinski definition) is 5. The number of nitrogens with zero attached hydrogens (tertiary/aromatic N) is 2. The van der Waals surface area contributed by atoms with Crippen LogP contribution in [0.25, 0.3) is 0 Å². The Hall–Kier alpha value is -2.77. The average Bonchev–Trinajstić information content (AvgIpc) is 2.27. The summed E-state index contributed by atoms with van der Waals surface area (Å²) < 4.78 is 0. The number of anilines is 1. The molecule has 1 heterocycles. The molecule has 0 bridgehead atoms. The van der Waals surface area contributed by atoms with E-state index >= 15 is 0 Å². The Bertz CT molecular complexity index is 545. The van der Waals surface area contributed by atoms with Crippen molar-refractivity contribution in [3.63, 3.8) is 0 Å². The second kappa shape index (κ2) is 4.62. The van der Waals surface area contributed by atoms with E-state index in [1.807, 2.05) is 0 Å². The van der Waals surface area contributed by atoms with Gasteiger partial charge in [-0.3, -0.25) is 0 Å². The zero-order chi connectivity index (χ0) is 13.1. The summed E-state index contributed by atoms with van der Waals surface area (Å²) >= 11 is 0. The van der Waals surface area contributed by atoms with Crippen molar-refractivity contribution < 1.29 is 4.79 Å². The Balaban J connectivity index is 2.38. The lowest BCUT2D eigenvalue weighted by atomic mass is 10.1. The highest BCUT2D eigenvalue weighted by atomic mass is 16.2. The SMILES string of the molecule is NC(N)=NC(N)=Nc1cccc2c1CNC(=O)N2. The van der Waals surface area contributed by atoms with E-state index in [4.69, 9.17) is 17.2 Å². The van der Waals surface area contributed by atoms with Gasteiger partial charge in [0.1, 0.15) is 0 Å². The Labute approximate surface area is 103 Å². The lowest BCUT2D eigenvalue weighted by Gasteiger charge is -2.19. The summed E-state index contributed by atoms with van der Waals surface area (Å²) in [5.74, 6) is -0.201. The minimum Gasteiger partial charge on any atom is -0.370 e. The molecule has 0 fully saturated rings. The molecule has 0 unspecified atom stereocenters. The third kappa shape index (κ3) is 2.48. The highest BCUT2D eigenvalue weighted by Crippen LogP contribution is 2.28. The van der Waals surface area contributed by atoms with Gasteiger partial charge in [0, 0.05) is 17.8 Å². The van der Waals surface area contributed by atoms with Crippen molar-refractivity contribution in [2.45, 2.75) is 6.54 Å². The van der Waals surface area contributed by atoms with Crippen molar-refractivity contribution in [2.75, 3.05) is 5.32 Å². The van der Waals surface area contributed by atoms with Crippen LogP contribution in [0.2, 0.25) is 0 Å². The van der Waals surface area contributed by atoms with Crippen molar-refractivity contribution in [3.05, 3.63) is 23.8 Å². The van der Waals surface area contributed by atoms with Crippen molar-refractivity contribution in [3.8, 4) is 0 Å². The van der Waals surface area contributed by atoms with E-state index in [1.165, 1.54) is 0 Å². The zero-order valence-corrected chi connectivity index (χ0v) is 9.47. The topological polar surface area (TPSA) is 144 Å². The minimum absolute atomic E-state index is 0.0414. The largest absolute Gasteiger partial charge is 0.370 e. The van der Waals surface area contributed by atoms with Crippen LogP contribution in [0, 0.1) is 0 Å². The van der Waals surface area contributed by atoms with Gasteiger partial charge in [0.05, 0.1) is 5.69 Å². The first-order valence-corrected chi connectivity index (χ1v) is 5.17. The zero-order valence-electron chi connectivity index (χ0n) is 9.47. The number of hydrogen-bond acceptors (Lipinski definition) is 2. The number of nitrogens with one attached hydrogen (secondary N) is 2. The number of amides is 2. The predicted octanol–water partition coefficient (Wildman–Crippen LogP) is -0.459. The van der Waals surface area contributed by atoms with E-state index in [9.17, 15) is 4.79 Å². The lowest BCUT2D eigenvalue weighted by Crippen LogP contribution is -2.33. The van der Waals surface area contributed by atoms with Crippen molar-refractivity contribution in [1.29, 1.82) is 0 Å². The van der Waals surface area contributed by atoms with Crippen LogP contribution in [0.3, 0.4) is 0 Å². The van der Waals surface area contributed by atoms with E-state index in [1.54, 1.807) is 18.2 Å². The molecule has 0 radical (unpaired) electrons. The minimum atomic E-state index is -0.249. The van der Waals surface area contributed by atoms with Crippen molar-refractivity contribution in [1.82, 2.24) is 5.32 Å². The molecule has 18 heavy (non-hydrogen) atoms. The summed E-state index contributed by atoms with van der Waals surface area (Å²) in [5.41, 5.74) is 18.1. The molecule has 1 aliphatic heterocycles. The Morgan fingerprint density at radius 1 is 1.28 bits per heavy atom. The van der Waals surface area contributed by atoms with Crippen LogP contribution in [-0.2, 0) is 6.54 Å². The van der Waals surface area contributed by atoms with Gasteiger partial charge in [0.25, 0.3) is 0 Å². The Kier molecular flexibility index (Phi) is 3.00. The number of aliphatic imine (C=N–C) groups is 2. The predicted molar refractivity (Wildman–Crippen MR) is 69.4 cm³/mol. The molecule has 0 atom stereocenters. The van der Waals surface area contributed by atoms with E-state index in [2.05, 4.69) is 20.6 Å². The van der Waals surface area contributed by atoms with Crippen LogP contribution in [0.15, 0.2) is 28.2 Å². The highest BCUT2D eigenvalue weighted by Gasteiger charge is 2.16. The second-order valence-electron chi connectivity index (χ2n) is 3.62. The van der Waals surface area contributed by atoms with Crippen LogP contribution in [-0.4, -0.2) is 18.0 Å². The first kappa shape index (κ1) is 11.7. The Morgan fingerprint density at radius 2 is 2.06 bits per heavy atom. The van der Waals surface area contributed by atoms with E-state index in [0.29, 0.717) is 17.9 Å². The number of guanidine groups is 2. The average molecular weight is 247 g/mol. The fourth-order valence-electron chi connectivity index (χ4n) is 1.60. The fourth-order valence-corrected chi connectivity index (χ4v) is 1.60. The van der Waals surface area contributed by atoms with E-state index < -0.39 is 0 Å². The Morgan fingerprint density at radius 3 is 2.78 bits per heavy atom. The van der Waals surface area contributed by atoms with Gasteiger partial charge in [0.15, 0.2) is 5.96 Å². The molecular formula is C10H13N7O. The van der Waals surface area contributed by atoms with Crippen molar-refractivity contribution in [2.24, 2.45) is 27.2 Å². The van der Waals surface area contributed by atoms with E-state index in [-0.39, 0.29) is 18.0 Å². The molecule has 2 amide bonds. The number of fused-ring (bicyclic) bond motifs is 1. The molecule has 1 aliphatic rings. The molecule has 0 aliphatic carbocycles. The number of benzene rings is 1. The molecule has 1 aromatic rings. The van der Waals surface area contributed by atoms with Gasteiger partial charge < -0.3 is 27.8 Å². The summed E-state index contributed by atoms with van der Waals surface area (Å²) in [4.78, 5) is 18.9. The molecule has 1 aromatic carbocycles.